The molecule has 0 radical (unpaired) electrons. The molecule has 0 saturated carbocycles. The van der Waals surface area contributed by atoms with Crippen molar-refractivity contribution in [3.8, 4) is 28.7 Å². The minimum absolute atomic E-state index is 0.723. The lowest BCUT2D eigenvalue weighted by molar-refractivity contribution is 0.483. The second-order valence-electron chi connectivity index (χ2n) is 14.6. The van der Waals surface area contributed by atoms with E-state index in [1.54, 1.807) is 0 Å². The van der Waals surface area contributed by atoms with Gasteiger partial charge >= 0.3 is 0 Å². The molecule has 0 aliphatic carbocycles. The summed E-state index contributed by atoms with van der Waals surface area (Å²) in [6.45, 7) is 0. The number of benzene rings is 7. The Hall–Kier alpha value is -7.48. The van der Waals surface area contributed by atoms with E-state index in [-0.39, 0.29) is 0 Å². The summed E-state index contributed by atoms with van der Waals surface area (Å²) < 4.78 is 18.1. The fourth-order valence-electron chi connectivity index (χ4n) is 9.29. The summed E-state index contributed by atoms with van der Waals surface area (Å²) in [6.07, 6.45) is 5.73. The van der Waals surface area contributed by atoms with E-state index in [9.17, 15) is 0 Å². The minimum Gasteiger partial charge on any atom is -0.457 e. The zero-order valence-electron chi connectivity index (χ0n) is 30.6. The number of para-hydroxylation sites is 2. The van der Waals surface area contributed by atoms with Gasteiger partial charge in [0.1, 0.15) is 34.3 Å². The molecule has 7 aromatic carbocycles. The SMILES string of the molecule is c1ccc([Si]2(c3ccccc3)c3ccccc3Oc3c2ccc2c3c3cccnc3n2-c2cccc(Oc3ccc4c5ccccc5n5ccnc5c4c3)c2)cc1. The standard InChI is InChI=1S/C50H32N4O2Si/c1-3-15-36(16-4-1)57(37-17-5-2-6-18-37)45-23-10-9-22-44(45)56-48-46(57)27-26-43-47(48)40-20-12-28-51-50(40)54(43)33-13-11-14-34(31-33)55-35-24-25-38-39-19-7-8-21-42(39)53-30-29-52-49(53)41(38)32-35/h1-32H. The van der Waals surface area contributed by atoms with Crippen molar-refractivity contribution in [2.45, 2.75) is 0 Å². The van der Waals surface area contributed by atoms with Crippen molar-refractivity contribution in [1.29, 1.82) is 0 Å². The Labute approximate surface area is 328 Å². The Balaban J connectivity index is 1.05. The molecule has 57 heavy (non-hydrogen) atoms. The Morgan fingerprint density at radius 1 is 0.491 bits per heavy atom. The van der Waals surface area contributed by atoms with Gasteiger partial charge in [0.2, 0.25) is 0 Å². The highest BCUT2D eigenvalue weighted by Gasteiger charge is 2.48. The average molecular weight is 749 g/mol. The van der Waals surface area contributed by atoms with Crippen molar-refractivity contribution >= 4 is 78.1 Å². The second kappa shape index (κ2) is 12.3. The number of imidazole rings is 1. The van der Waals surface area contributed by atoms with Crippen LogP contribution in [0.5, 0.6) is 23.0 Å². The first-order valence-electron chi connectivity index (χ1n) is 19.1. The van der Waals surface area contributed by atoms with Gasteiger partial charge in [-0.15, -0.1) is 0 Å². The molecule has 0 bridgehead atoms. The summed E-state index contributed by atoms with van der Waals surface area (Å²) in [5.41, 5.74) is 4.84. The number of ether oxygens (including phenoxy) is 2. The lowest BCUT2D eigenvalue weighted by atomic mass is 10.1. The van der Waals surface area contributed by atoms with Crippen molar-refractivity contribution < 1.29 is 9.47 Å². The van der Waals surface area contributed by atoms with Crippen LogP contribution in [0.15, 0.2) is 195 Å². The van der Waals surface area contributed by atoms with Gasteiger partial charge < -0.3 is 9.47 Å². The van der Waals surface area contributed by atoms with Crippen molar-refractivity contribution in [3.05, 3.63) is 195 Å². The molecule has 6 nitrogen and oxygen atoms in total. The summed E-state index contributed by atoms with van der Waals surface area (Å²) in [7, 11) is -2.83. The molecule has 4 aromatic heterocycles. The number of hydrogen-bond acceptors (Lipinski definition) is 4. The summed E-state index contributed by atoms with van der Waals surface area (Å²) in [4.78, 5) is 9.73. The Kier molecular flexibility index (Phi) is 6.85. The summed E-state index contributed by atoms with van der Waals surface area (Å²) in [6, 6.07) is 62.3. The average Bonchev–Trinajstić information content (AvgIpc) is 3.91. The monoisotopic (exact) mass is 748 g/mol. The van der Waals surface area contributed by atoms with E-state index in [0.29, 0.717) is 0 Å². The number of rotatable bonds is 5. The Bertz CT molecular complexity index is 3340. The van der Waals surface area contributed by atoms with Crippen LogP contribution in [0.3, 0.4) is 0 Å². The smallest absolute Gasteiger partial charge is 0.188 e. The van der Waals surface area contributed by atoms with Crippen LogP contribution < -0.4 is 30.2 Å². The predicted molar refractivity (Wildman–Crippen MR) is 233 cm³/mol. The molecular formula is C50H32N4O2Si. The van der Waals surface area contributed by atoms with Gasteiger partial charge in [0.25, 0.3) is 0 Å². The van der Waals surface area contributed by atoms with E-state index in [1.165, 1.54) is 26.1 Å². The lowest BCUT2D eigenvalue weighted by Crippen LogP contribution is -2.76. The molecular weight excluding hydrogens is 717 g/mol. The van der Waals surface area contributed by atoms with E-state index in [1.807, 2.05) is 42.9 Å². The van der Waals surface area contributed by atoms with Crippen molar-refractivity contribution in [3.63, 3.8) is 0 Å². The highest BCUT2D eigenvalue weighted by Crippen LogP contribution is 2.41. The third-order valence-corrected chi connectivity index (χ3v) is 16.4. The van der Waals surface area contributed by atoms with Gasteiger partial charge in [-0.25, -0.2) is 9.97 Å². The van der Waals surface area contributed by atoms with Gasteiger partial charge in [0.05, 0.1) is 22.1 Å². The van der Waals surface area contributed by atoms with Crippen LogP contribution in [0.1, 0.15) is 0 Å². The summed E-state index contributed by atoms with van der Waals surface area (Å²) in [5, 5.41) is 10.5. The number of fused-ring (bicyclic) bond motifs is 12. The molecule has 0 unspecified atom stereocenters. The maximum Gasteiger partial charge on any atom is 0.188 e. The molecule has 0 saturated heterocycles. The molecule has 0 atom stereocenters. The topological polar surface area (TPSA) is 53.6 Å². The number of aromatic nitrogens is 4. The predicted octanol–water partition coefficient (Wildman–Crippen LogP) is 9.41. The van der Waals surface area contributed by atoms with E-state index < -0.39 is 8.07 Å². The summed E-state index contributed by atoms with van der Waals surface area (Å²) in [5.74, 6) is 3.25. The molecule has 11 aromatic rings. The van der Waals surface area contributed by atoms with Gasteiger partial charge in [-0.05, 0) is 86.8 Å². The van der Waals surface area contributed by atoms with Gasteiger partial charge in [-0.2, -0.15) is 0 Å². The zero-order chi connectivity index (χ0) is 37.5. The zero-order valence-corrected chi connectivity index (χ0v) is 31.6. The van der Waals surface area contributed by atoms with Gasteiger partial charge in [-0.1, -0.05) is 109 Å². The molecule has 7 heteroatoms. The highest BCUT2D eigenvalue weighted by molar-refractivity contribution is 7.21. The molecule has 0 amide bonds. The fourth-order valence-corrected chi connectivity index (χ4v) is 14.2. The van der Waals surface area contributed by atoms with Gasteiger partial charge in [0.15, 0.2) is 8.07 Å². The maximum atomic E-state index is 7.10. The molecule has 12 rings (SSSR count). The first-order valence-corrected chi connectivity index (χ1v) is 21.1. The lowest BCUT2D eigenvalue weighted by Gasteiger charge is -2.39. The molecule has 1 aliphatic heterocycles. The molecule has 5 heterocycles. The molecule has 1 aliphatic rings. The van der Waals surface area contributed by atoms with Crippen LogP contribution in [0.25, 0.3) is 54.9 Å². The van der Waals surface area contributed by atoms with E-state index in [2.05, 4.69) is 161 Å². The van der Waals surface area contributed by atoms with Crippen LogP contribution in [0, 0.1) is 0 Å². The van der Waals surface area contributed by atoms with Gasteiger partial charge in [-0.3, -0.25) is 8.97 Å². The normalized spacial score (nSPS) is 13.2. The first-order chi connectivity index (χ1) is 28.3. The van der Waals surface area contributed by atoms with Crippen LogP contribution in [-0.4, -0.2) is 27.0 Å². The van der Waals surface area contributed by atoms with Gasteiger partial charge in [0, 0.05) is 40.8 Å². The number of pyridine rings is 2. The van der Waals surface area contributed by atoms with Crippen LogP contribution in [-0.2, 0) is 0 Å². The third kappa shape index (κ3) is 4.57. The quantitative estimate of drug-likeness (QED) is 0.130. The molecule has 268 valence electrons. The van der Waals surface area contributed by atoms with Crippen molar-refractivity contribution in [2.24, 2.45) is 0 Å². The maximum absolute atomic E-state index is 7.10. The Morgan fingerprint density at radius 2 is 1.23 bits per heavy atom. The number of nitrogens with zero attached hydrogens (tertiary/aromatic N) is 4. The van der Waals surface area contributed by atoms with E-state index >= 15 is 0 Å². The third-order valence-electron chi connectivity index (χ3n) is 11.6. The summed E-state index contributed by atoms with van der Waals surface area (Å²) >= 11 is 0. The Morgan fingerprint density at radius 3 is 2.09 bits per heavy atom. The van der Waals surface area contributed by atoms with Crippen LogP contribution in [0.2, 0.25) is 0 Å². The fraction of sp³-hybridized carbons (Fsp3) is 0. The second-order valence-corrected chi connectivity index (χ2v) is 18.3. The van der Waals surface area contributed by atoms with E-state index in [4.69, 9.17) is 19.4 Å². The largest absolute Gasteiger partial charge is 0.457 e. The van der Waals surface area contributed by atoms with Crippen molar-refractivity contribution in [2.75, 3.05) is 0 Å². The highest BCUT2D eigenvalue weighted by atomic mass is 28.3. The van der Waals surface area contributed by atoms with Crippen LogP contribution >= 0.6 is 0 Å². The van der Waals surface area contributed by atoms with Crippen molar-refractivity contribution in [1.82, 2.24) is 18.9 Å². The van der Waals surface area contributed by atoms with E-state index in [0.717, 1.165) is 72.6 Å². The molecule has 0 fully saturated rings. The van der Waals surface area contributed by atoms with Crippen LogP contribution in [0.4, 0.5) is 0 Å². The number of hydrogen-bond donors (Lipinski definition) is 0. The molecule has 0 spiro atoms. The first kappa shape index (κ1) is 31.8. The molecule has 0 N–H and O–H groups in total. The minimum atomic E-state index is -2.83.